The number of nitrogen functional groups attached to an aromatic ring is 1. The van der Waals surface area contributed by atoms with Gasteiger partial charge in [0.25, 0.3) is 5.91 Å². The number of aliphatic hydroxyl groups is 2. The second-order valence-corrected chi connectivity index (χ2v) is 10.3. The second-order valence-electron chi connectivity index (χ2n) is 10.3. The normalized spacial score (nSPS) is 27.0. The van der Waals surface area contributed by atoms with Crippen LogP contribution in [0.3, 0.4) is 0 Å². The van der Waals surface area contributed by atoms with Crippen LogP contribution in [0.15, 0.2) is 6.33 Å². The first-order valence-electron chi connectivity index (χ1n) is 13.6. The number of nitrogens with one attached hydrogen (secondary N) is 1. The van der Waals surface area contributed by atoms with Crippen LogP contribution in [0.2, 0.25) is 0 Å². The fraction of sp³-hybridized carbons (Fsp3) is 0.654. The predicted molar refractivity (Wildman–Crippen MR) is 140 cm³/mol. The monoisotopic (exact) mass is 557 g/mol. The third-order valence-electron chi connectivity index (χ3n) is 7.50. The van der Waals surface area contributed by atoms with Crippen molar-refractivity contribution in [1.82, 2.24) is 29.7 Å². The molecule has 5 heterocycles. The average molecular weight is 558 g/mol. The smallest absolute Gasteiger partial charge is 0.409 e. The van der Waals surface area contributed by atoms with Gasteiger partial charge in [-0.15, -0.1) is 0 Å². The van der Waals surface area contributed by atoms with Gasteiger partial charge in [-0.3, -0.25) is 9.36 Å². The minimum absolute atomic E-state index is 0.109. The van der Waals surface area contributed by atoms with Crippen LogP contribution >= 0.6 is 0 Å². The lowest BCUT2D eigenvalue weighted by molar-refractivity contribution is -0.137. The Bertz CT molecular complexity index is 1280. The highest BCUT2D eigenvalue weighted by Gasteiger charge is 2.47. The standard InChI is InChI=1S/C26H35N7O7/c1-2-28-24(36)21-19(34)20(35)25(40-21)33-14-29-18-22(27)30-17(31-23(18)33)5-3-4-15-6-9-32(10-7-15)26(37)39-13-16-8-11-38-12-16/h14-16,19-21,25,34-35H,2,4,6-13H2,1H3,(H,28,36)(H2,27,30,31)/t16?,19?,20-,21-,25+/m0/s1. The maximum atomic E-state index is 12.4. The Labute approximate surface area is 231 Å². The van der Waals surface area contributed by atoms with Crippen LogP contribution in [-0.4, -0.2) is 104 Å². The number of carbonyl (C=O) groups excluding carboxylic acids is 2. The molecule has 2 aromatic rings. The molecule has 0 saturated carbocycles. The fourth-order valence-electron chi connectivity index (χ4n) is 5.15. The van der Waals surface area contributed by atoms with Gasteiger partial charge in [0.2, 0.25) is 5.82 Å². The van der Waals surface area contributed by atoms with E-state index in [2.05, 4.69) is 32.1 Å². The zero-order chi connectivity index (χ0) is 28.2. The first-order valence-corrected chi connectivity index (χ1v) is 13.6. The molecule has 5 rings (SSSR count). The molecule has 0 aliphatic carbocycles. The number of hydrogen-bond acceptors (Lipinski definition) is 11. The quantitative estimate of drug-likeness (QED) is 0.344. The summed E-state index contributed by atoms with van der Waals surface area (Å²) in [5, 5.41) is 23.6. The van der Waals surface area contributed by atoms with Gasteiger partial charge >= 0.3 is 6.09 Å². The highest BCUT2D eigenvalue weighted by atomic mass is 16.6. The molecule has 40 heavy (non-hydrogen) atoms. The number of fused-ring (bicyclic) bond motifs is 1. The Kier molecular flexibility index (Phi) is 8.65. The summed E-state index contributed by atoms with van der Waals surface area (Å²) >= 11 is 0. The number of carbonyl (C=O) groups is 2. The molecular formula is C26H35N7O7. The summed E-state index contributed by atoms with van der Waals surface area (Å²) in [6.45, 7) is 5.11. The zero-order valence-electron chi connectivity index (χ0n) is 22.4. The van der Waals surface area contributed by atoms with Gasteiger partial charge in [-0.1, -0.05) is 5.92 Å². The van der Waals surface area contributed by atoms with Crippen LogP contribution in [0.5, 0.6) is 0 Å². The number of hydrogen-bond donors (Lipinski definition) is 4. The summed E-state index contributed by atoms with van der Waals surface area (Å²) in [5.41, 5.74) is 6.65. The Morgan fingerprint density at radius 1 is 1.20 bits per heavy atom. The highest BCUT2D eigenvalue weighted by molar-refractivity contribution is 5.83. The fourth-order valence-corrected chi connectivity index (χ4v) is 5.15. The number of aliphatic hydroxyl groups excluding tert-OH is 2. The lowest BCUT2D eigenvalue weighted by Gasteiger charge is -2.30. The maximum Gasteiger partial charge on any atom is 0.409 e. The molecule has 2 amide bonds. The van der Waals surface area contributed by atoms with Crippen LogP contribution in [0.1, 0.15) is 44.7 Å². The van der Waals surface area contributed by atoms with Gasteiger partial charge < -0.3 is 40.4 Å². The van der Waals surface area contributed by atoms with Crippen LogP contribution < -0.4 is 11.1 Å². The van der Waals surface area contributed by atoms with Crippen molar-refractivity contribution in [2.75, 3.05) is 45.2 Å². The molecule has 5 N–H and O–H groups in total. The van der Waals surface area contributed by atoms with Gasteiger partial charge in [0, 0.05) is 38.6 Å². The molecule has 0 bridgehead atoms. The molecule has 0 radical (unpaired) electrons. The number of rotatable bonds is 6. The number of ether oxygens (including phenoxy) is 3. The largest absolute Gasteiger partial charge is 0.449 e. The Balaban J connectivity index is 1.19. The average Bonchev–Trinajstić information content (AvgIpc) is 3.68. The van der Waals surface area contributed by atoms with Crippen molar-refractivity contribution < 1.29 is 34.0 Å². The SMILES string of the molecule is CCNC(=O)[C@H]1O[C@@H](n2cnc3c(N)nc(C#CCC4CCN(C(=O)OCC5CCOC5)CC4)nc32)[C@@H](O)C1O. The number of nitrogens with two attached hydrogens (primary N) is 1. The molecular weight excluding hydrogens is 522 g/mol. The molecule has 216 valence electrons. The minimum Gasteiger partial charge on any atom is -0.449 e. The van der Waals surface area contributed by atoms with E-state index in [9.17, 15) is 19.8 Å². The van der Waals surface area contributed by atoms with E-state index < -0.39 is 30.4 Å². The molecule has 14 nitrogen and oxygen atoms in total. The summed E-state index contributed by atoms with van der Waals surface area (Å²) in [6.07, 6.45) is -0.909. The minimum atomic E-state index is -1.43. The van der Waals surface area contributed by atoms with Crippen molar-refractivity contribution in [3.63, 3.8) is 0 Å². The molecule has 3 aliphatic heterocycles. The Hall–Kier alpha value is -3.51. The number of imidazole rings is 1. The van der Waals surface area contributed by atoms with E-state index in [0.29, 0.717) is 45.2 Å². The number of amides is 2. The van der Waals surface area contributed by atoms with E-state index in [1.807, 2.05) is 0 Å². The van der Waals surface area contributed by atoms with Crippen LogP contribution in [0.25, 0.3) is 11.2 Å². The number of piperidine rings is 1. The van der Waals surface area contributed by atoms with Crippen molar-refractivity contribution in [3.05, 3.63) is 12.2 Å². The van der Waals surface area contributed by atoms with Crippen molar-refractivity contribution in [2.45, 2.75) is 57.1 Å². The first kappa shape index (κ1) is 28.0. The molecule has 3 fully saturated rings. The van der Waals surface area contributed by atoms with Crippen LogP contribution in [0, 0.1) is 23.7 Å². The lowest BCUT2D eigenvalue weighted by atomic mass is 9.94. The molecule has 3 aliphatic rings. The van der Waals surface area contributed by atoms with E-state index in [-0.39, 0.29) is 34.8 Å². The van der Waals surface area contributed by atoms with E-state index in [4.69, 9.17) is 19.9 Å². The van der Waals surface area contributed by atoms with Crippen molar-refractivity contribution in [3.8, 4) is 11.8 Å². The molecule has 5 atom stereocenters. The molecule has 0 spiro atoms. The third-order valence-corrected chi connectivity index (χ3v) is 7.50. The van der Waals surface area contributed by atoms with Crippen molar-refractivity contribution in [1.29, 1.82) is 0 Å². The summed E-state index contributed by atoms with van der Waals surface area (Å²) < 4.78 is 17.9. The Morgan fingerprint density at radius 2 is 2.00 bits per heavy atom. The number of aromatic nitrogens is 4. The second kappa shape index (κ2) is 12.3. The van der Waals surface area contributed by atoms with Gasteiger partial charge in [-0.05, 0) is 38.0 Å². The summed E-state index contributed by atoms with van der Waals surface area (Å²) in [4.78, 5) is 39.3. The predicted octanol–water partition coefficient (Wildman–Crippen LogP) is -0.209. The topological polar surface area (TPSA) is 187 Å². The number of nitrogens with zero attached hydrogens (tertiary/aromatic N) is 5. The van der Waals surface area contributed by atoms with E-state index in [0.717, 1.165) is 25.9 Å². The number of anilines is 1. The molecule has 0 aromatic carbocycles. The highest BCUT2D eigenvalue weighted by Crippen LogP contribution is 2.32. The first-order chi connectivity index (χ1) is 19.4. The summed E-state index contributed by atoms with van der Waals surface area (Å²) in [6, 6.07) is 0. The maximum absolute atomic E-state index is 12.4. The van der Waals surface area contributed by atoms with E-state index in [1.165, 1.54) is 10.9 Å². The van der Waals surface area contributed by atoms with E-state index >= 15 is 0 Å². The van der Waals surface area contributed by atoms with E-state index in [1.54, 1.807) is 11.8 Å². The van der Waals surface area contributed by atoms with Gasteiger partial charge in [0.15, 0.2) is 23.8 Å². The van der Waals surface area contributed by atoms with Gasteiger partial charge in [0.05, 0.1) is 19.5 Å². The summed E-state index contributed by atoms with van der Waals surface area (Å²) in [5.74, 6) is 6.45. The number of likely N-dealkylation sites (tertiary alicyclic amines) is 1. The number of likely N-dealkylation sites (N-methyl/N-ethyl adjacent to an activating group) is 1. The van der Waals surface area contributed by atoms with Crippen molar-refractivity contribution >= 4 is 29.0 Å². The van der Waals surface area contributed by atoms with Gasteiger partial charge in [-0.2, -0.15) is 0 Å². The summed E-state index contributed by atoms with van der Waals surface area (Å²) in [7, 11) is 0. The van der Waals surface area contributed by atoms with Gasteiger partial charge in [-0.25, -0.2) is 19.7 Å². The lowest BCUT2D eigenvalue weighted by Crippen LogP contribution is -2.42. The van der Waals surface area contributed by atoms with Gasteiger partial charge in [0.1, 0.15) is 17.7 Å². The zero-order valence-corrected chi connectivity index (χ0v) is 22.4. The molecule has 2 aromatic heterocycles. The molecule has 3 saturated heterocycles. The third kappa shape index (κ3) is 5.97. The van der Waals surface area contributed by atoms with Crippen molar-refractivity contribution in [2.24, 2.45) is 11.8 Å². The molecule has 2 unspecified atom stereocenters. The Morgan fingerprint density at radius 3 is 2.73 bits per heavy atom. The van der Waals surface area contributed by atoms with Crippen LogP contribution in [-0.2, 0) is 19.0 Å². The molecule has 14 heteroatoms. The van der Waals surface area contributed by atoms with Crippen LogP contribution in [0.4, 0.5) is 10.6 Å².